The van der Waals surface area contributed by atoms with Crippen LogP contribution in [0.15, 0.2) is 24.3 Å². The van der Waals surface area contributed by atoms with Crippen LogP contribution < -0.4 is 10.2 Å². The summed E-state index contributed by atoms with van der Waals surface area (Å²) in [5.74, 6) is 0.745. The molecule has 0 aliphatic carbocycles. The Balaban J connectivity index is 2.56. The Hall–Kier alpha value is -1.06. The van der Waals surface area contributed by atoms with Crippen molar-refractivity contribution in [3.05, 3.63) is 29.8 Å². The number of hydrogen-bond acceptors (Lipinski definition) is 3. The number of methoxy groups -OCH3 is 1. The van der Waals surface area contributed by atoms with Gasteiger partial charge in [0.25, 0.3) is 0 Å². The van der Waals surface area contributed by atoms with Crippen molar-refractivity contribution in [2.45, 2.75) is 26.8 Å². The molecule has 1 N–H and O–H groups in total. The largest absolute Gasteiger partial charge is 0.383 e. The average Bonchev–Trinajstić information content (AvgIpc) is 2.41. The number of nitrogens with one attached hydrogen (secondary N) is 1. The molecule has 0 aromatic heterocycles. The number of hydrogen-bond donors (Lipinski definition) is 1. The van der Waals surface area contributed by atoms with E-state index < -0.39 is 0 Å². The number of anilines is 1. The van der Waals surface area contributed by atoms with Gasteiger partial charge in [0.15, 0.2) is 0 Å². The van der Waals surface area contributed by atoms with Crippen molar-refractivity contribution in [2.24, 2.45) is 5.92 Å². The second kappa shape index (κ2) is 8.94. The van der Waals surface area contributed by atoms with Crippen LogP contribution in [0.5, 0.6) is 0 Å². The van der Waals surface area contributed by atoms with Crippen LogP contribution in [-0.4, -0.2) is 33.9 Å². The number of benzene rings is 1. The summed E-state index contributed by atoms with van der Waals surface area (Å²) in [6, 6.07) is 8.61. The van der Waals surface area contributed by atoms with Crippen molar-refractivity contribution < 1.29 is 4.74 Å². The first kappa shape index (κ1) is 16.0. The van der Waals surface area contributed by atoms with Gasteiger partial charge in [0.2, 0.25) is 0 Å². The minimum Gasteiger partial charge on any atom is -0.383 e. The lowest BCUT2D eigenvalue weighted by molar-refractivity contribution is 0.199. The van der Waals surface area contributed by atoms with Crippen LogP contribution in [-0.2, 0) is 11.3 Å². The van der Waals surface area contributed by atoms with Crippen molar-refractivity contribution in [3.8, 4) is 0 Å². The summed E-state index contributed by atoms with van der Waals surface area (Å²) in [6.45, 7) is 8.18. The minimum atomic E-state index is 0.745. The van der Waals surface area contributed by atoms with Crippen molar-refractivity contribution in [1.29, 1.82) is 0 Å². The SMILES string of the molecule is COCCNCc1ccccc1N(C)CCC(C)C. The highest BCUT2D eigenvalue weighted by molar-refractivity contribution is 5.52. The van der Waals surface area contributed by atoms with E-state index in [-0.39, 0.29) is 0 Å². The highest BCUT2D eigenvalue weighted by Gasteiger charge is 2.07. The number of ether oxygens (including phenoxy) is 1. The van der Waals surface area contributed by atoms with Gasteiger partial charge in [0.05, 0.1) is 6.61 Å². The molecule has 0 aliphatic rings. The molecule has 19 heavy (non-hydrogen) atoms. The maximum Gasteiger partial charge on any atom is 0.0587 e. The lowest BCUT2D eigenvalue weighted by Crippen LogP contribution is -2.24. The molecule has 0 fully saturated rings. The lowest BCUT2D eigenvalue weighted by atomic mass is 10.1. The Kier molecular flexibility index (Phi) is 7.53. The maximum absolute atomic E-state index is 5.05. The summed E-state index contributed by atoms with van der Waals surface area (Å²) in [5.41, 5.74) is 2.68. The van der Waals surface area contributed by atoms with Gasteiger partial charge >= 0.3 is 0 Å². The van der Waals surface area contributed by atoms with Crippen LogP contribution >= 0.6 is 0 Å². The molecule has 0 bridgehead atoms. The normalized spacial score (nSPS) is 11.0. The van der Waals surface area contributed by atoms with Gasteiger partial charge < -0.3 is 15.0 Å². The fraction of sp³-hybridized carbons (Fsp3) is 0.625. The highest BCUT2D eigenvalue weighted by Crippen LogP contribution is 2.19. The van der Waals surface area contributed by atoms with Crippen LogP contribution in [0.2, 0.25) is 0 Å². The molecule has 3 nitrogen and oxygen atoms in total. The molecule has 0 saturated carbocycles. The Bertz CT molecular complexity index is 352. The predicted molar refractivity (Wildman–Crippen MR) is 82.7 cm³/mol. The molecule has 1 aromatic carbocycles. The van der Waals surface area contributed by atoms with E-state index in [9.17, 15) is 0 Å². The summed E-state index contributed by atoms with van der Waals surface area (Å²) >= 11 is 0. The van der Waals surface area contributed by atoms with Crippen LogP contribution in [0, 0.1) is 5.92 Å². The van der Waals surface area contributed by atoms with Gasteiger partial charge in [-0.2, -0.15) is 0 Å². The van der Waals surface area contributed by atoms with Crippen molar-refractivity contribution in [2.75, 3.05) is 38.8 Å². The van der Waals surface area contributed by atoms with E-state index in [1.807, 2.05) is 0 Å². The van der Waals surface area contributed by atoms with Crippen LogP contribution in [0.3, 0.4) is 0 Å². The monoisotopic (exact) mass is 264 g/mol. The van der Waals surface area contributed by atoms with Gasteiger partial charge in [-0.15, -0.1) is 0 Å². The van der Waals surface area contributed by atoms with Crippen molar-refractivity contribution in [1.82, 2.24) is 5.32 Å². The zero-order chi connectivity index (χ0) is 14.1. The summed E-state index contributed by atoms with van der Waals surface area (Å²) in [7, 11) is 3.91. The van der Waals surface area contributed by atoms with Crippen molar-refractivity contribution in [3.63, 3.8) is 0 Å². The molecule has 0 aliphatic heterocycles. The number of rotatable bonds is 9. The fourth-order valence-corrected chi connectivity index (χ4v) is 2.00. The van der Waals surface area contributed by atoms with E-state index in [0.29, 0.717) is 0 Å². The second-order valence-electron chi connectivity index (χ2n) is 5.40. The zero-order valence-electron chi connectivity index (χ0n) is 12.8. The molecule has 0 saturated heterocycles. The van der Waals surface area contributed by atoms with Gasteiger partial charge in [-0.05, 0) is 24.0 Å². The predicted octanol–water partition coefficient (Wildman–Crippen LogP) is 2.90. The van der Waals surface area contributed by atoms with E-state index in [1.165, 1.54) is 17.7 Å². The van der Waals surface area contributed by atoms with Crippen molar-refractivity contribution >= 4 is 5.69 Å². The first-order chi connectivity index (χ1) is 9.15. The molecule has 1 rings (SSSR count). The molecule has 0 unspecified atom stereocenters. The molecular formula is C16H28N2O. The Labute approximate surface area is 118 Å². The van der Waals surface area contributed by atoms with Gasteiger partial charge in [-0.3, -0.25) is 0 Å². The smallest absolute Gasteiger partial charge is 0.0587 e. The summed E-state index contributed by atoms with van der Waals surface area (Å²) in [5, 5.41) is 3.41. The molecule has 108 valence electrons. The van der Waals surface area contributed by atoms with Gasteiger partial charge in [0.1, 0.15) is 0 Å². The topological polar surface area (TPSA) is 24.5 Å². The average molecular weight is 264 g/mol. The number of para-hydroxylation sites is 1. The molecule has 3 heteroatoms. The van der Waals surface area contributed by atoms with E-state index >= 15 is 0 Å². The third-order valence-electron chi connectivity index (χ3n) is 3.24. The zero-order valence-corrected chi connectivity index (χ0v) is 12.8. The van der Waals surface area contributed by atoms with Gasteiger partial charge in [-0.1, -0.05) is 32.0 Å². The first-order valence-corrected chi connectivity index (χ1v) is 7.13. The molecule has 0 radical (unpaired) electrons. The van der Waals surface area contributed by atoms with Crippen LogP contribution in [0.25, 0.3) is 0 Å². The molecule has 1 aromatic rings. The Morgan fingerprint density at radius 1 is 1.26 bits per heavy atom. The quantitative estimate of drug-likeness (QED) is 0.694. The van der Waals surface area contributed by atoms with Crippen LogP contribution in [0.1, 0.15) is 25.8 Å². The Morgan fingerprint density at radius 2 is 2.00 bits per heavy atom. The third kappa shape index (κ3) is 6.08. The fourth-order valence-electron chi connectivity index (χ4n) is 2.00. The number of nitrogens with zero attached hydrogens (tertiary/aromatic N) is 1. The third-order valence-corrected chi connectivity index (χ3v) is 3.24. The van der Waals surface area contributed by atoms with Crippen LogP contribution in [0.4, 0.5) is 5.69 Å². The van der Waals surface area contributed by atoms with E-state index in [4.69, 9.17) is 4.74 Å². The molecule has 0 amide bonds. The first-order valence-electron chi connectivity index (χ1n) is 7.13. The maximum atomic E-state index is 5.05. The minimum absolute atomic E-state index is 0.745. The molecule has 0 heterocycles. The molecular weight excluding hydrogens is 236 g/mol. The molecule has 0 spiro atoms. The lowest BCUT2D eigenvalue weighted by Gasteiger charge is -2.23. The second-order valence-corrected chi connectivity index (χ2v) is 5.40. The Morgan fingerprint density at radius 3 is 2.68 bits per heavy atom. The van der Waals surface area contributed by atoms with E-state index in [0.717, 1.165) is 32.2 Å². The van der Waals surface area contributed by atoms with Gasteiger partial charge in [0, 0.05) is 39.5 Å². The summed E-state index contributed by atoms with van der Waals surface area (Å²) in [4.78, 5) is 2.35. The van der Waals surface area contributed by atoms with E-state index in [1.54, 1.807) is 7.11 Å². The molecule has 0 atom stereocenters. The highest BCUT2D eigenvalue weighted by atomic mass is 16.5. The summed E-state index contributed by atoms with van der Waals surface area (Å²) < 4.78 is 5.05. The van der Waals surface area contributed by atoms with E-state index in [2.05, 4.69) is 55.4 Å². The van der Waals surface area contributed by atoms with Gasteiger partial charge in [-0.25, -0.2) is 0 Å². The summed E-state index contributed by atoms with van der Waals surface area (Å²) in [6.07, 6.45) is 1.22. The standard InChI is InChI=1S/C16H28N2O/c1-14(2)9-11-18(3)16-8-6-5-7-15(16)13-17-10-12-19-4/h5-8,14,17H,9-13H2,1-4H3.